The van der Waals surface area contributed by atoms with Gasteiger partial charge in [-0.2, -0.15) is 13.2 Å². The smallest absolute Gasteiger partial charge is 0.258 e. The fourth-order valence-electron chi connectivity index (χ4n) is 1.03. The lowest BCUT2D eigenvalue weighted by Crippen LogP contribution is -2.13. The SMILES string of the molecule is O=[N+]([O-])c1c(C(F)(F)F)cnc(C(F)F)c1I. The highest BCUT2D eigenvalue weighted by Gasteiger charge is 2.41. The van der Waals surface area contributed by atoms with Gasteiger partial charge in [0.1, 0.15) is 9.26 Å². The summed E-state index contributed by atoms with van der Waals surface area (Å²) in [5.41, 5.74) is -4.08. The van der Waals surface area contributed by atoms with Crippen molar-refractivity contribution in [1.82, 2.24) is 4.98 Å². The third-order valence-corrected chi connectivity index (χ3v) is 2.78. The summed E-state index contributed by atoms with van der Waals surface area (Å²) in [7, 11) is 0. The number of nitro groups is 1. The third-order valence-electron chi connectivity index (χ3n) is 1.72. The number of aromatic nitrogens is 1. The molecule has 0 aliphatic rings. The highest BCUT2D eigenvalue weighted by atomic mass is 127. The Bertz CT molecular complexity index is 462. The second-order valence-electron chi connectivity index (χ2n) is 2.78. The monoisotopic (exact) mass is 368 g/mol. The maximum atomic E-state index is 12.4. The maximum absolute atomic E-state index is 12.4. The van der Waals surface area contributed by atoms with E-state index in [2.05, 4.69) is 4.98 Å². The van der Waals surface area contributed by atoms with Gasteiger partial charge in [0.05, 0.1) is 4.92 Å². The van der Waals surface area contributed by atoms with Gasteiger partial charge in [-0.05, 0) is 22.6 Å². The van der Waals surface area contributed by atoms with E-state index in [-0.39, 0.29) is 6.20 Å². The number of pyridine rings is 1. The summed E-state index contributed by atoms with van der Waals surface area (Å²) in [6.07, 6.45) is -8.15. The zero-order valence-corrected chi connectivity index (χ0v) is 9.79. The summed E-state index contributed by atoms with van der Waals surface area (Å²) in [5, 5.41) is 10.5. The van der Waals surface area contributed by atoms with Gasteiger partial charge in [-0.25, -0.2) is 8.78 Å². The van der Waals surface area contributed by atoms with E-state index in [1.165, 1.54) is 0 Å². The van der Waals surface area contributed by atoms with Crippen molar-refractivity contribution in [1.29, 1.82) is 0 Å². The molecular weight excluding hydrogens is 366 g/mol. The average molecular weight is 368 g/mol. The van der Waals surface area contributed by atoms with Crippen molar-refractivity contribution in [3.05, 3.63) is 31.1 Å². The van der Waals surface area contributed by atoms with Crippen LogP contribution in [-0.2, 0) is 6.18 Å². The van der Waals surface area contributed by atoms with E-state index in [0.29, 0.717) is 0 Å². The third kappa shape index (κ3) is 2.79. The van der Waals surface area contributed by atoms with E-state index in [9.17, 15) is 32.1 Å². The van der Waals surface area contributed by atoms with Crippen molar-refractivity contribution < 1.29 is 26.9 Å². The molecule has 0 unspecified atom stereocenters. The molecule has 0 radical (unpaired) electrons. The van der Waals surface area contributed by atoms with Gasteiger partial charge in [0.2, 0.25) is 0 Å². The Morgan fingerprint density at radius 1 is 1.41 bits per heavy atom. The fourth-order valence-corrected chi connectivity index (χ4v) is 1.89. The molecule has 0 N–H and O–H groups in total. The quantitative estimate of drug-likeness (QED) is 0.347. The molecule has 0 aliphatic carbocycles. The van der Waals surface area contributed by atoms with Crippen LogP contribution in [0.1, 0.15) is 17.7 Å². The summed E-state index contributed by atoms with van der Waals surface area (Å²) in [6, 6.07) is 0. The molecule has 0 fully saturated rings. The molecule has 0 saturated carbocycles. The van der Waals surface area contributed by atoms with E-state index in [1.54, 1.807) is 0 Å². The summed E-state index contributed by atoms with van der Waals surface area (Å²) in [6.45, 7) is 0. The van der Waals surface area contributed by atoms with E-state index < -0.39 is 38.0 Å². The van der Waals surface area contributed by atoms with E-state index in [0.717, 1.165) is 22.6 Å². The highest BCUT2D eigenvalue weighted by molar-refractivity contribution is 14.1. The van der Waals surface area contributed by atoms with Gasteiger partial charge in [-0.3, -0.25) is 15.1 Å². The molecule has 0 amide bonds. The Kier molecular flexibility index (Phi) is 3.84. The predicted octanol–water partition coefficient (Wildman–Crippen LogP) is 3.55. The second kappa shape index (κ2) is 4.66. The van der Waals surface area contributed by atoms with Gasteiger partial charge < -0.3 is 0 Å². The zero-order valence-electron chi connectivity index (χ0n) is 7.63. The van der Waals surface area contributed by atoms with Crippen molar-refractivity contribution in [3.63, 3.8) is 0 Å². The van der Waals surface area contributed by atoms with Gasteiger partial charge in [-0.1, -0.05) is 0 Å². The van der Waals surface area contributed by atoms with Crippen molar-refractivity contribution in [2.24, 2.45) is 0 Å². The lowest BCUT2D eigenvalue weighted by atomic mass is 10.2. The number of hydrogen-bond acceptors (Lipinski definition) is 3. The number of alkyl halides is 5. The first-order chi connectivity index (χ1) is 7.66. The average Bonchev–Trinajstić information content (AvgIpc) is 2.14. The molecule has 0 bridgehead atoms. The van der Waals surface area contributed by atoms with Crippen molar-refractivity contribution in [3.8, 4) is 0 Å². The van der Waals surface area contributed by atoms with Crippen LogP contribution in [0.2, 0.25) is 0 Å². The first-order valence-corrected chi connectivity index (χ1v) is 4.92. The predicted molar refractivity (Wildman–Crippen MR) is 53.6 cm³/mol. The lowest BCUT2D eigenvalue weighted by Gasteiger charge is -2.10. The minimum Gasteiger partial charge on any atom is -0.258 e. The van der Waals surface area contributed by atoms with E-state index in [1.807, 2.05) is 0 Å². The Labute approximate surface area is 104 Å². The number of hydrogen-bond donors (Lipinski definition) is 0. The van der Waals surface area contributed by atoms with Crippen LogP contribution in [0, 0.1) is 13.7 Å². The van der Waals surface area contributed by atoms with Gasteiger partial charge in [0, 0.05) is 6.20 Å². The molecule has 17 heavy (non-hydrogen) atoms. The molecule has 0 spiro atoms. The molecule has 1 heterocycles. The van der Waals surface area contributed by atoms with Crippen molar-refractivity contribution in [2.75, 3.05) is 0 Å². The van der Waals surface area contributed by atoms with Gasteiger partial charge in [-0.15, -0.1) is 0 Å². The van der Waals surface area contributed by atoms with Crippen LogP contribution >= 0.6 is 22.6 Å². The summed E-state index contributed by atoms with van der Waals surface area (Å²) in [5.74, 6) is 0. The number of rotatable bonds is 2. The first-order valence-electron chi connectivity index (χ1n) is 3.84. The molecule has 0 aliphatic heterocycles. The highest BCUT2D eigenvalue weighted by Crippen LogP contribution is 2.40. The van der Waals surface area contributed by atoms with Gasteiger partial charge in [0.25, 0.3) is 12.1 Å². The Balaban J connectivity index is 3.57. The lowest BCUT2D eigenvalue weighted by molar-refractivity contribution is -0.389. The van der Waals surface area contributed by atoms with Crippen LogP contribution < -0.4 is 0 Å². The molecule has 1 aromatic rings. The minimum atomic E-state index is -5.02. The van der Waals surface area contributed by atoms with Crippen LogP contribution in [0.15, 0.2) is 6.20 Å². The summed E-state index contributed by atoms with van der Waals surface area (Å²) >= 11 is 1.05. The fraction of sp³-hybridized carbons (Fsp3) is 0.286. The molecule has 1 aromatic heterocycles. The Hall–Kier alpha value is -1.07. The molecular formula is C7H2F5IN2O2. The second-order valence-corrected chi connectivity index (χ2v) is 3.85. The first kappa shape index (κ1) is 14.0. The van der Waals surface area contributed by atoms with Crippen molar-refractivity contribution in [2.45, 2.75) is 12.6 Å². The number of nitrogens with zero attached hydrogens (tertiary/aromatic N) is 2. The normalized spacial score (nSPS) is 11.9. The van der Waals surface area contributed by atoms with Crippen LogP contribution in [0.25, 0.3) is 0 Å². The standard InChI is InChI=1S/C7H2F5IN2O2/c8-6(9)4-3(13)5(15(16)17)2(1-14-4)7(10,11)12/h1,6H. The molecule has 0 saturated heterocycles. The molecule has 0 atom stereocenters. The maximum Gasteiger partial charge on any atom is 0.424 e. The summed E-state index contributed by atoms with van der Waals surface area (Å²) in [4.78, 5) is 12.0. The topological polar surface area (TPSA) is 56.0 Å². The summed E-state index contributed by atoms with van der Waals surface area (Å²) < 4.78 is 61.0. The molecule has 94 valence electrons. The molecule has 1 rings (SSSR count). The van der Waals surface area contributed by atoms with Crippen LogP contribution in [0.5, 0.6) is 0 Å². The van der Waals surface area contributed by atoms with Gasteiger partial charge in [0.15, 0.2) is 5.56 Å². The van der Waals surface area contributed by atoms with E-state index >= 15 is 0 Å². The van der Waals surface area contributed by atoms with Gasteiger partial charge >= 0.3 is 6.18 Å². The van der Waals surface area contributed by atoms with Crippen molar-refractivity contribution >= 4 is 28.3 Å². The minimum absolute atomic E-state index is 0.0434. The molecule has 0 aromatic carbocycles. The Morgan fingerprint density at radius 2 is 1.94 bits per heavy atom. The number of halogens is 6. The molecule has 4 nitrogen and oxygen atoms in total. The Morgan fingerprint density at radius 3 is 2.29 bits per heavy atom. The van der Waals surface area contributed by atoms with E-state index in [4.69, 9.17) is 0 Å². The van der Waals surface area contributed by atoms with Crippen LogP contribution in [0.4, 0.5) is 27.6 Å². The molecule has 10 heteroatoms. The van der Waals surface area contributed by atoms with Crippen LogP contribution in [-0.4, -0.2) is 9.91 Å². The van der Waals surface area contributed by atoms with Crippen LogP contribution in [0.3, 0.4) is 0 Å². The largest absolute Gasteiger partial charge is 0.424 e. The zero-order chi connectivity index (χ0) is 13.4.